The van der Waals surface area contributed by atoms with Crippen LogP contribution >= 0.6 is 36.0 Å². The average molecular weight is 527 g/mol. The highest BCUT2D eigenvalue weighted by Gasteiger charge is 2.68. The summed E-state index contributed by atoms with van der Waals surface area (Å²) >= 11 is 16.4. The molecule has 0 N–H and O–H groups in total. The van der Waals surface area contributed by atoms with E-state index in [4.69, 9.17) is 36.0 Å². The van der Waals surface area contributed by atoms with Gasteiger partial charge in [0.05, 0.1) is 29.4 Å². The summed E-state index contributed by atoms with van der Waals surface area (Å²) in [6.45, 7) is 1.01. The van der Waals surface area contributed by atoms with Crippen molar-refractivity contribution in [2.24, 2.45) is 19.3 Å². The third kappa shape index (κ3) is 3.99. The van der Waals surface area contributed by atoms with Gasteiger partial charge in [-0.2, -0.15) is 13.2 Å². The van der Waals surface area contributed by atoms with Crippen LogP contribution in [0.3, 0.4) is 0 Å². The van der Waals surface area contributed by atoms with Crippen LogP contribution in [-0.2, 0) is 28.5 Å². The lowest BCUT2D eigenvalue weighted by molar-refractivity contribution is -0.269. The molecule has 1 aliphatic heterocycles. The molecular weight excluding hydrogens is 512 g/mol. The number of nitrogens with zero attached hydrogens (tertiary/aromatic N) is 4. The minimum Gasteiger partial charge on any atom is -0.463 e. The van der Waals surface area contributed by atoms with Crippen molar-refractivity contribution in [3.05, 3.63) is 48.6 Å². The third-order valence-electron chi connectivity index (χ3n) is 4.91. The summed E-state index contributed by atoms with van der Waals surface area (Å²) < 4.78 is 63.6. The van der Waals surface area contributed by atoms with Crippen LogP contribution in [0.25, 0.3) is 5.69 Å². The first-order chi connectivity index (χ1) is 15.3. The predicted molar refractivity (Wildman–Crippen MR) is 114 cm³/mol. The molecule has 0 radical (unpaired) electrons. The molecule has 2 aromatic rings. The van der Waals surface area contributed by atoms with Crippen molar-refractivity contribution >= 4 is 47.7 Å². The number of ether oxygens (including phenoxy) is 1. The average Bonchev–Trinajstić information content (AvgIpc) is 3.19. The van der Waals surface area contributed by atoms with Gasteiger partial charge in [0.15, 0.2) is 9.54 Å². The van der Waals surface area contributed by atoms with Crippen molar-refractivity contribution in [3.63, 3.8) is 0 Å². The van der Waals surface area contributed by atoms with E-state index in [1.54, 1.807) is 0 Å². The van der Waals surface area contributed by atoms with E-state index in [1.165, 1.54) is 25.6 Å². The quantitative estimate of drug-likeness (QED) is 0.343. The topological polar surface area (TPSA) is 79.8 Å². The molecule has 0 fully saturated rings. The van der Waals surface area contributed by atoms with Crippen LogP contribution in [0, 0.1) is 15.4 Å². The minimum absolute atomic E-state index is 0.0637. The standard InChI is InChI=1S/C18H15ClF4N4O4S2/c1-4-30-13(28)17(18(21,22)23)7-11(24-31-17)8-5-12(10(20)6-9(8)19)27-14(29)25(2)15(32)26(3)16(27)33/h5-6H,4,7H2,1-3H3. The van der Waals surface area contributed by atoms with Crippen LogP contribution in [0.4, 0.5) is 17.6 Å². The van der Waals surface area contributed by atoms with Crippen LogP contribution in [0.15, 0.2) is 22.1 Å². The molecule has 0 spiro atoms. The lowest BCUT2D eigenvalue weighted by Gasteiger charge is -2.26. The highest BCUT2D eigenvalue weighted by molar-refractivity contribution is 7.72. The molecule has 1 atom stereocenters. The Hall–Kier alpha value is -2.58. The van der Waals surface area contributed by atoms with E-state index in [9.17, 15) is 27.2 Å². The van der Waals surface area contributed by atoms with Crippen molar-refractivity contribution in [1.29, 1.82) is 0 Å². The molecule has 3 rings (SSSR count). The smallest absolute Gasteiger partial charge is 0.442 e. The summed E-state index contributed by atoms with van der Waals surface area (Å²) in [6.07, 6.45) is -6.26. The van der Waals surface area contributed by atoms with E-state index >= 15 is 0 Å². The van der Waals surface area contributed by atoms with Gasteiger partial charge in [0.2, 0.25) is 0 Å². The molecule has 178 valence electrons. The molecule has 2 heterocycles. The molecule has 0 aliphatic carbocycles. The van der Waals surface area contributed by atoms with Gasteiger partial charge in [0.25, 0.3) is 0 Å². The van der Waals surface area contributed by atoms with E-state index in [0.29, 0.717) is 0 Å². The highest BCUT2D eigenvalue weighted by Crippen LogP contribution is 2.43. The van der Waals surface area contributed by atoms with Crippen LogP contribution in [0.2, 0.25) is 5.02 Å². The summed E-state index contributed by atoms with van der Waals surface area (Å²) in [4.78, 5) is 29.4. The number of esters is 1. The van der Waals surface area contributed by atoms with Gasteiger partial charge in [-0.15, -0.1) is 0 Å². The van der Waals surface area contributed by atoms with Gasteiger partial charge in [-0.05, 0) is 43.5 Å². The Bertz CT molecular complexity index is 1330. The Morgan fingerprint density at radius 3 is 2.48 bits per heavy atom. The lowest BCUT2D eigenvalue weighted by atomic mass is 9.93. The first kappa shape index (κ1) is 25.1. The molecule has 8 nitrogen and oxygen atoms in total. The van der Waals surface area contributed by atoms with Gasteiger partial charge in [-0.3, -0.25) is 9.13 Å². The zero-order valence-corrected chi connectivity index (χ0v) is 19.6. The maximum absolute atomic E-state index is 14.8. The second-order valence-corrected chi connectivity index (χ2v) is 8.07. The second kappa shape index (κ2) is 8.65. The number of oxime groups is 1. The Balaban J connectivity index is 2.19. The van der Waals surface area contributed by atoms with Crippen LogP contribution in [0.1, 0.15) is 18.9 Å². The van der Waals surface area contributed by atoms with Gasteiger partial charge in [0, 0.05) is 19.7 Å². The molecule has 15 heteroatoms. The van der Waals surface area contributed by atoms with Crippen LogP contribution in [-0.4, -0.2) is 43.8 Å². The third-order valence-corrected chi connectivity index (χ3v) is 6.23. The fraction of sp³-hybridized carbons (Fsp3) is 0.389. The number of halogens is 5. The Morgan fingerprint density at radius 2 is 1.91 bits per heavy atom. The highest BCUT2D eigenvalue weighted by atomic mass is 35.5. The number of hydrogen-bond donors (Lipinski definition) is 0. The minimum atomic E-state index is -5.18. The van der Waals surface area contributed by atoms with Crippen LogP contribution < -0.4 is 5.69 Å². The summed E-state index contributed by atoms with van der Waals surface area (Å²) in [5.74, 6) is -2.67. The molecule has 0 saturated carbocycles. The number of carbonyl (C=O) groups is 1. The molecular formula is C18H15ClF4N4O4S2. The molecule has 0 bridgehead atoms. The number of rotatable bonds is 4. The first-order valence-corrected chi connectivity index (χ1v) is 10.3. The Kier molecular flexibility index (Phi) is 6.56. The molecule has 1 unspecified atom stereocenters. The normalized spacial score (nSPS) is 18.1. The van der Waals surface area contributed by atoms with E-state index in [2.05, 4.69) is 14.7 Å². The largest absolute Gasteiger partial charge is 0.463 e. The second-order valence-electron chi connectivity index (χ2n) is 6.94. The van der Waals surface area contributed by atoms with Crippen molar-refractivity contribution in [1.82, 2.24) is 13.7 Å². The number of benzene rings is 1. The maximum Gasteiger partial charge on any atom is 0.442 e. The van der Waals surface area contributed by atoms with Gasteiger partial charge < -0.3 is 9.57 Å². The van der Waals surface area contributed by atoms with Gasteiger partial charge in [-0.25, -0.2) is 18.5 Å². The Labute approximate surface area is 198 Å². The molecule has 0 amide bonds. The van der Waals surface area contributed by atoms with Gasteiger partial charge >= 0.3 is 23.4 Å². The fourth-order valence-corrected chi connectivity index (χ4v) is 3.85. The predicted octanol–water partition coefficient (Wildman–Crippen LogP) is 3.75. The number of carbonyl (C=O) groups excluding carboxylic acids is 1. The van der Waals surface area contributed by atoms with Crippen molar-refractivity contribution in [2.45, 2.75) is 25.1 Å². The number of alkyl halides is 3. The molecule has 33 heavy (non-hydrogen) atoms. The SMILES string of the molecule is CCOC(=O)C1(C(F)(F)F)CC(c2cc(-n3c(=O)n(C)c(=S)n(C)c3=S)c(F)cc2Cl)=NO1. The lowest BCUT2D eigenvalue weighted by Crippen LogP contribution is -2.53. The monoisotopic (exact) mass is 526 g/mol. The first-order valence-electron chi connectivity index (χ1n) is 9.14. The van der Waals surface area contributed by atoms with E-state index in [0.717, 1.165) is 21.3 Å². The van der Waals surface area contributed by atoms with Crippen molar-refractivity contribution in [3.8, 4) is 5.69 Å². The summed E-state index contributed by atoms with van der Waals surface area (Å²) in [7, 11) is 2.80. The van der Waals surface area contributed by atoms with E-state index in [-0.39, 0.29) is 26.7 Å². The van der Waals surface area contributed by atoms with Crippen LogP contribution in [0.5, 0.6) is 0 Å². The Morgan fingerprint density at radius 1 is 1.27 bits per heavy atom. The number of aromatic nitrogens is 3. The zero-order chi connectivity index (χ0) is 24.9. The van der Waals surface area contributed by atoms with Gasteiger partial charge in [-0.1, -0.05) is 16.8 Å². The summed E-state index contributed by atoms with van der Waals surface area (Å²) in [5, 5.41) is 3.07. The summed E-state index contributed by atoms with van der Waals surface area (Å²) in [6, 6.07) is 1.78. The molecule has 1 aliphatic rings. The maximum atomic E-state index is 14.8. The summed E-state index contributed by atoms with van der Waals surface area (Å²) in [5.41, 5.74) is -5.19. The van der Waals surface area contributed by atoms with Crippen molar-refractivity contribution in [2.75, 3.05) is 6.61 Å². The van der Waals surface area contributed by atoms with Gasteiger partial charge in [0.1, 0.15) is 5.82 Å². The molecule has 1 aromatic heterocycles. The molecule has 1 aromatic carbocycles. The number of hydrogen-bond acceptors (Lipinski definition) is 7. The molecule has 0 saturated heterocycles. The zero-order valence-electron chi connectivity index (χ0n) is 17.2. The van der Waals surface area contributed by atoms with E-state index in [1.807, 2.05) is 0 Å². The van der Waals surface area contributed by atoms with E-state index < -0.39 is 47.1 Å². The van der Waals surface area contributed by atoms with Crippen molar-refractivity contribution < 1.29 is 31.9 Å². The fourth-order valence-electron chi connectivity index (χ4n) is 3.11.